The molecular weight excluding hydrogens is 387 g/mol. The SMILES string of the molecule is N#CC1=C2SCC(O)(c3ccc(Cl)cc3)N2C(=O)CC1c1ccccc1F. The molecule has 1 fully saturated rings. The third-order valence-corrected chi connectivity index (χ3v) is 6.37. The number of nitriles is 1. The first-order valence-corrected chi connectivity index (χ1v) is 9.65. The average molecular weight is 401 g/mol. The fourth-order valence-corrected chi connectivity index (χ4v) is 5.06. The Morgan fingerprint density at radius 1 is 1.26 bits per heavy atom. The van der Waals surface area contributed by atoms with E-state index in [4.69, 9.17) is 11.6 Å². The van der Waals surface area contributed by atoms with Gasteiger partial charge >= 0.3 is 0 Å². The number of hydrogen-bond donors (Lipinski definition) is 1. The molecule has 2 atom stereocenters. The van der Waals surface area contributed by atoms with Crippen LogP contribution in [-0.4, -0.2) is 21.7 Å². The van der Waals surface area contributed by atoms with Gasteiger partial charge in [0.15, 0.2) is 5.72 Å². The lowest BCUT2D eigenvalue weighted by Gasteiger charge is -2.38. The summed E-state index contributed by atoms with van der Waals surface area (Å²) < 4.78 is 14.3. The standard InChI is InChI=1S/C20H14ClFN2O2S/c21-13-7-5-12(6-8-13)20(26)11-27-19-16(10-23)15(9-18(25)24(19)20)14-3-1-2-4-17(14)22/h1-8,15,26H,9,11H2. The molecule has 0 saturated carbocycles. The summed E-state index contributed by atoms with van der Waals surface area (Å²) >= 11 is 7.15. The van der Waals surface area contributed by atoms with E-state index in [-0.39, 0.29) is 18.1 Å². The van der Waals surface area contributed by atoms with Gasteiger partial charge in [0.2, 0.25) is 5.91 Å². The fraction of sp³-hybridized carbons (Fsp3) is 0.200. The number of allylic oxidation sites excluding steroid dienone is 1. The van der Waals surface area contributed by atoms with E-state index in [0.29, 0.717) is 26.8 Å². The molecule has 0 aromatic heterocycles. The van der Waals surface area contributed by atoms with Crippen molar-refractivity contribution in [3.8, 4) is 6.07 Å². The van der Waals surface area contributed by atoms with Crippen LogP contribution < -0.4 is 0 Å². The molecule has 0 radical (unpaired) electrons. The van der Waals surface area contributed by atoms with E-state index in [0.717, 1.165) is 0 Å². The van der Waals surface area contributed by atoms with Gasteiger partial charge in [0.1, 0.15) is 5.82 Å². The van der Waals surface area contributed by atoms with Crippen LogP contribution in [0.5, 0.6) is 0 Å². The van der Waals surface area contributed by atoms with E-state index in [1.165, 1.54) is 22.7 Å². The molecule has 2 aromatic carbocycles. The second kappa shape index (κ2) is 6.68. The molecule has 0 aliphatic carbocycles. The minimum Gasteiger partial charge on any atom is -0.366 e. The molecule has 1 N–H and O–H groups in total. The molecule has 136 valence electrons. The molecule has 1 saturated heterocycles. The van der Waals surface area contributed by atoms with E-state index in [2.05, 4.69) is 6.07 Å². The quantitative estimate of drug-likeness (QED) is 0.823. The number of carbonyl (C=O) groups excluding carboxylic acids is 1. The molecule has 0 spiro atoms. The summed E-state index contributed by atoms with van der Waals surface area (Å²) in [5.74, 6) is -1.27. The highest BCUT2D eigenvalue weighted by Crippen LogP contribution is 2.51. The van der Waals surface area contributed by atoms with Gasteiger partial charge < -0.3 is 5.11 Å². The Labute approximate surface area is 164 Å². The molecule has 4 rings (SSSR count). The van der Waals surface area contributed by atoms with Crippen molar-refractivity contribution in [2.24, 2.45) is 0 Å². The van der Waals surface area contributed by atoms with E-state index in [1.54, 1.807) is 42.5 Å². The van der Waals surface area contributed by atoms with Crippen LogP contribution in [0, 0.1) is 17.1 Å². The predicted molar refractivity (Wildman–Crippen MR) is 101 cm³/mol. The Morgan fingerprint density at radius 2 is 1.96 bits per heavy atom. The van der Waals surface area contributed by atoms with Gasteiger partial charge in [-0.2, -0.15) is 5.26 Å². The number of rotatable bonds is 2. The Bertz CT molecular complexity index is 1000. The zero-order chi connectivity index (χ0) is 19.2. The monoisotopic (exact) mass is 400 g/mol. The van der Waals surface area contributed by atoms with Gasteiger partial charge in [0.25, 0.3) is 0 Å². The Morgan fingerprint density at radius 3 is 2.63 bits per heavy atom. The van der Waals surface area contributed by atoms with Crippen molar-refractivity contribution < 1.29 is 14.3 Å². The smallest absolute Gasteiger partial charge is 0.231 e. The number of benzene rings is 2. The lowest BCUT2D eigenvalue weighted by atomic mass is 9.85. The summed E-state index contributed by atoms with van der Waals surface area (Å²) in [4.78, 5) is 14.2. The van der Waals surface area contributed by atoms with Gasteiger partial charge in [-0.3, -0.25) is 9.69 Å². The maximum Gasteiger partial charge on any atom is 0.231 e. The molecule has 2 heterocycles. The van der Waals surface area contributed by atoms with Gasteiger partial charge in [-0.25, -0.2) is 4.39 Å². The van der Waals surface area contributed by atoms with Gasteiger partial charge in [0.05, 0.1) is 22.4 Å². The van der Waals surface area contributed by atoms with Crippen molar-refractivity contribution >= 4 is 29.3 Å². The van der Waals surface area contributed by atoms with Crippen LogP contribution in [-0.2, 0) is 10.5 Å². The molecule has 2 aliphatic rings. The molecule has 2 aliphatic heterocycles. The number of fused-ring (bicyclic) bond motifs is 1. The summed E-state index contributed by atoms with van der Waals surface area (Å²) in [6, 6.07) is 14.9. The second-order valence-corrected chi connectivity index (χ2v) is 7.85. The Balaban J connectivity index is 1.83. The summed E-state index contributed by atoms with van der Waals surface area (Å²) in [7, 11) is 0. The van der Waals surface area contributed by atoms with Crippen LogP contribution in [0.4, 0.5) is 4.39 Å². The first-order valence-electron chi connectivity index (χ1n) is 8.28. The summed E-state index contributed by atoms with van der Waals surface area (Å²) in [6.07, 6.45) is -0.0796. The predicted octanol–water partition coefficient (Wildman–Crippen LogP) is 4.12. The summed E-state index contributed by atoms with van der Waals surface area (Å²) in [6.45, 7) is 0. The van der Waals surface area contributed by atoms with E-state index < -0.39 is 17.5 Å². The van der Waals surface area contributed by atoms with Gasteiger partial charge in [-0.15, -0.1) is 11.8 Å². The Hall–Kier alpha value is -2.33. The van der Waals surface area contributed by atoms with Crippen LogP contribution >= 0.6 is 23.4 Å². The van der Waals surface area contributed by atoms with Crippen LogP contribution in [0.3, 0.4) is 0 Å². The van der Waals surface area contributed by atoms with Gasteiger partial charge in [-0.1, -0.05) is 41.9 Å². The number of amides is 1. The number of aliphatic hydroxyl groups is 1. The first kappa shape index (κ1) is 18.1. The lowest BCUT2D eigenvalue weighted by molar-refractivity contribution is -0.149. The molecule has 2 aromatic rings. The minimum absolute atomic E-state index is 0.0796. The highest BCUT2D eigenvalue weighted by Gasteiger charge is 2.52. The zero-order valence-electron chi connectivity index (χ0n) is 14.0. The number of carbonyl (C=O) groups is 1. The van der Waals surface area contributed by atoms with Gasteiger partial charge in [0, 0.05) is 22.9 Å². The van der Waals surface area contributed by atoms with Crippen molar-refractivity contribution in [3.63, 3.8) is 0 Å². The van der Waals surface area contributed by atoms with E-state index in [9.17, 15) is 19.6 Å². The third kappa shape index (κ3) is 2.83. The minimum atomic E-state index is -1.57. The second-order valence-electron chi connectivity index (χ2n) is 6.45. The average Bonchev–Trinajstić information content (AvgIpc) is 3.02. The third-order valence-electron chi connectivity index (χ3n) is 4.90. The maximum atomic E-state index is 14.3. The van der Waals surface area contributed by atoms with Crippen molar-refractivity contribution in [3.05, 3.63) is 81.1 Å². The number of nitrogens with zero attached hydrogens (tertiary/aromatic N) is 2. The fourth-order valence-electron chi connectivity index (χ4n) is 3.58. The first-order chi connectivity index (χ1) is 13.0. The van der Waals surface area contributed by atoms with Crippen molar-refractivity contribution in [1.82, 2.24) is 4.90 Å². The zero-order valence-corrected chi connectivity index (χ0v) is 15.6. The maximum absolute atomic E-state index is 14.3. The summed E-state index contributed by atoms with van der Waals surface area (Å²) in [5.41, 5.74) is -0.430. The van der Waals surface area contributed by atoms with E-state index >= 15 is 0 Å². The molecule has 2 unspecified atom stereocenters. The molecule has 0 bridgehead atoms. The van der Waals surface area contributed by atoms with E-state index in [1.807, 2.05) is 0 Å². The number of thioether (sulfide) groups is 1. The highest BCUT2D eigenvalue weighted by atomic mass is 35.5. The van der Waals surface area contributed by atoms with Crippen LogP contribution in [0.25, 0.3) is 0 Å². The van der Waals surface area contributed by atoms with Crippen molar-refractivity contribution in [2.45, 2.75) is 18.1 Å². The lowest BCUT2D eigenvalue weighted by Crippen LogP contribution is -2.48. The number of halogens is 2. The highest BCUT2D eigenvalue weighted by molar-refractivity contribution is 8.03. The summed E-state index contributed by atoms with van der Waals surface area (Å²) in [5, 5.41) is 21.9. The molecule has 1 amide bonds. The van der Waals surface area contributed by atoms with Crippen LogP contribution in [0.1, 0.15) is 23.5 Å². The molecule has 27 heavy (non-hydrogen) atoms. The van der Waals surface area contributed by atoms with Crippen LogP contribution in [0.2, 0.25) is 5.02 Å². The number of hydrogen-bond acceptors (Lipinski definition) is 4. The van der Waals surface area contributed by atoms with Crippen LogP contribution in [0.15, 0.2) is 59.1 Å². The van der Waals surface area contributed by atoms with Crippen molar-refractivity contribution in [2.75, 3.05) is 5.75 Å². The molecule has 4 nitrogen and oxygen atoms in total. The topological polar surface area (TPSA) is 64.3 Å². The molecular formula is C20H14ClFN2O2S. The largest absolute Gasteiger partial charge is 0.366 e. The van der Waals surface area contributed by atoms with Gasteiger partial charge in [-0.05, 0) is 23.8 Å². The normalized spacial score (nSPS) is 24.7. The Kier molecular flexibility index (Phi) is 4.47. The van der Waals surface area contributed by atoms with Crippen molar-refractivity contribution in [1.29, 1.82) is 5.26 Å². The molecule has 7 heteroatoms.